The molecule has 0 heterocycles. The second-order valence-electron chi connectivity index (χ2n) is 5.48. The number of aromatic hydroxyl groups is 2. The summed E-state index contributed by atoms with van der Waals surface area (Å²) in [5.41, 5.74) is 9.04. The fraction of sp³-hybridized carbons (Fsp3) is 0.333. The van der Waals surface area contributed by atoms with Crippen molar-refractivity contribution in [3.8, 4) is 22.6 Å². The number of hydrogen-bond acceptors (Lipinski definition) is 6. The Bertz CT molecular complexity index is 648. The molecule has 0 fully saturated rings. The molecule has 0 aliphatic heterocycles. The van der Waals surface area contributed by atoms with Gasteiger partial charge in [0, 0.05) is 50.3 Å². The maximum absolute atomic E-state index is 9.71. The minimum Gasteiger partial charge on any atom is -0.508 e. The summed E-state index contributed by atoms with van der Waals surface area (Å²) in [7, 11) is 3.33. The third kappa shape index (κ3) is 4.53. The Kier molecular flexibility index (Phi) is 6.28. The van der Waals surface area contributed by atoms with E-state index >= 15 is 0 Å². The molecule has 0 saturated heterocycles. The summed E-state index contributed by atoms with van der Waals surface area (Å²) in [6.45, 7) is 2.62. The lowest BCUT2D eigenvalue weighted by atomic mass is 10.0. The predicted molar refractivity (Wildman–Crippen MR) is 95.6 cm³/mol. The number of nitrogens with two attached hydrogens (primary N) is 1. The van der Waals surface area contributed by atoms with Gasteiger partial charge in [-0.1, -0.05) is 0 Å². The molecule has 0 saturated carbocycles. The van der Waals surface area contributed by atoms with Gasteiger partial charge < -0.3 is 30.3 Å². The monoisotopic (exact) mass is 332 g/mol. The van der Waals surface area contributed by atoms with Gasteiger partial charge in [0.15, 0.2) is 0 Å². The van der Waals surface area contributed by atoms with Crippen molar-refractivity contribution in [3.05, 3.63) is 36.4 Å². The zero-order valence-corrected chi connectivity index (χ0v) is 14.0. The maximum Gasteiger partial charge on any atom is 0.119 e. The zero-order valence-electron chi connectivity index (χ0n) is 14.0. The second kappa shape index (κ2) is 8.42. The van der Waals surface area contributed by atoms with E-state index in [1.807, 2.05) is 18.2 Å². The average molecular weight is 332 g/mol. The van der Waals surface area contributed by atoms with Gasteiger partial charge in [0.2, 0.25) is 0 Å². The number of hydrogen-bond donors (Lipinski definition) is 3. The standard InChI is InChI=1S/C18H24N2O4/c1-23-7-5-20(6-8-24-2)14-3-4-18(19)17(11-14)13-9-15(21)12-16(22)10-13/h3-4,9-12,21-22H,5-8,19H2,1-2H3. The van der Waals surface area contributed by atoms with Gasteiger partial charge in [0.05, 0.1) is 13.2 Å². The molecule has 2 aromatic carbocycles. The van der Waals surface area contributed by atoms with Crippen LogP contribution >= 0.6 is 0 Å². The van der Waals surface area contributed by atoms with E-state index in [9.17, 15) is 10.2 Å². The molecule has 0 aliphatic carbocycles. The molecule has 6 nitrogen and oxygen atoms in total. The van der Waals surface area contributed by atoms with Crippen molar-refractivity contribution in [2.24, 2.45) is 0 Å². The van der Waals surface area contributed by atoms with Gasteiger partial charge in [-0.05, 0) is 35.9 Å². The van der Waals surface area contributed by atoms with Gasteiger partial charge in [-0.3, -0.25) is 0 Å². The van der Waals surface area contributed by atoms with E-state index < -0.39 is 0 Å². The SMILES string of the molecule is COCCN(CCOC)c1ccc(N)c(-c2cc(O)cc(O)c2)c1. The fourth-order valence-corrected chi connectivity index (χ4v) is 2.51. The zero-order chi connectivity index (χ0) is 17.5. The van der Waals surface area contributed by atoms with Gasteiger partial charge in [-0.15, -0.1) is 0 Å². The topological polar surface area (TPSA) is 88.2 Å². The summed E-state index contributed by atoms with van der Waals surface area (Å²) < 4.78 is 10.3. The molecule has 0 aliphatic rings. The van der Waals surface area contributed by atoms with Crippen LogP contribution < -0.4 is 10.6 Å². The van der Waals surface area contributed by atoms with E-state index in [-0.39, 0.29) is 11.5 Å². The Morgan fingerprint density at radius 3 is 2.04 bits per heavy atom. The lowest BCUT2D eigenvalue weighted by Crippen LogP contribution is -2.30. The summed E-state index contributed by atoms with van der Waals surface area (Å²) in [6.07, 6.45) is 0. The van der Waals surface area contributed by atoms with Gasteiger partial charge in [0.1, 0.15) is 11.5 Å². The largest absolute Gasteiger partial charge is 0.508 e. The number of phenols is 2. The average Bonchev–Trinajstić information content (AvgIpc) is 2.55. The molecule has 0 spiro atoms. The smallest absolute Gasteiger partial charge is 0.119 e. The van der Waals surface area contributed by atoms with Crippen molar-refractivity contribution in [1.29, 1.82) is 0 Å². The van der Waals surface area contributed by atoms with Crippen LogP contribution in [0.1, 0.15) is 0 Å². The molecule has 0 atom stereocenters. The van der Waals surface area contributed by atoms with Crippen LogP contribution in [0.2, 0.25) is 0 Å². The molecule has 0 unspecified atom stereocenters. The van der Waals surface area contributed by atoms with Gasteiger partial charge >= 0.3 is 0 Å². The lowest BCUT2D eigenvalue weighted by Gasteiger charge is -2.25. The number of benzene rings is 2. The first kappa shape index (κ1) is 17.9. The molecule has 0 bridgehead atoms. The summed E-state index contributed by atoms with van der Waals surface area (Å²) in [5, 5.41) is 19.4. The number of rotatable bonds is 8. The molecular weight excluding hydrogens is 308 g/mol. The van der Waals surface area contributed by atoms with Gasteiger partial charge in [-0.2, -0.15) is 0 Å². The van der Waals surface area contributed by atoms with Crippen LogP contribution in [0.15, 0.2) is 36.4 Å². The Morgan fingerprint density at radius 1 is 0.917 bits per heavy atom. The molecule has 6 heteroatoms. The van der Waals surface area contributed by atoms with E-state index in [2.05, 4.69) is 4.90 Å². The third-order valence-corrected chi connectivity index (χ3v) is 3.75. The van der Waals surface area contributed by atoms with Crippen molar-refractivity contribution in [2.45, 2.75) is 0 Å². The normalized spacial score (nSPS) is 10.8. The molecule has 130 valence electrons. The van der Waals surface area contributed by atoms with Crippen molar-refractivity contribution in [2.75, 3.05) is 51.2 Å². The number of nitrogen functional groups attached to an aromatic ring is 1. The third-order valence-electron chi connectivity index (χ3n) is 3.75. The summed E-state index contributed by atoms with van der Waals surface area (Å²) in [6, 6.07) is 10.1. The summed E-state index contributed by atoms with van der Waals surface area (Å²) >= 11 is 0. The Labute approximate surface area is 142 Å². The van der Waals surface area contributed by atoms with Crippen LogP contribution in [-0.2, 0) is 9.47 Å². The highest BCUT2D eigenvalue weighted by molar-refractivity contribution is 5.81. The summed E-state index contributed by atoms with van der Waals surface area (Å²) in [5.74, 6) is -0.0177. The molecule has 2 rings (SSSR count). The maximum atomic E-state index is 9.71. The Hall–Kier alpha value is -2.44. The highest BCUT2D eigenvalue weighted by atomic mass is 16.5. The first-order chi connectivity index (χ1) is 11.5. The quantitative estimate of drug-likeness (QED) is 0.644. The van der Waals surface area contributed by atoms with Crippen molar-refractivity contribution in [1.82, 2.24) is 0 Å². The number of methoxy groups -OCH3 is 2. The second-order valence-corrected chi connectivity index (χ2v) is 5.48. The molecular formula is C18H24N2O4. The van der Waals surface area contributed by atoms with Crippen LogP contribution in [0.25, 0.3) is 11.1 Å². The minimum absolute atomic E-state index is 0.00887. The van der Waals surface area contributed by atoms with Gasteiger partial charge in [-0.25, -0.2) is 0 Å². The molecule has 0 radical (unpaired) electrons. The molecule has 24 heavy (non-hydrogen) atoms. The van der Waals surface area contributed by atoms with E-state index in [0.717, 1.165) is 11.3 Å². The van der Waals surface area contributed by atoms with Crippen LogP contribution in [0, 0.1) is 0 Å². The van der Waals surface area contributed by atoms with Crippen molar-refractivity contribution in [3.63, 3.8) is 0 Å². The van der Waals surface area contributed by atoms with Crippen molar-refractivity contribution < 1.29 is 19.7 Å². The fourth-order valence-electron chi connectivity index (χ4n) is 2.51. The van der Waals surface area contributed by atoms with E-state index in [0.29, 0.717) is 37.6 Å². The molecule has 0 amide bonds. The predicted octanol–water partition coefficient (Wildman–Crippen LogP) is 2.45. The van der Waals surface area contributed by atoms with E-state index in [4.69, 9.17) is 15.2 Å². The summed E-state index contributed by atoms with van der Waals surface area (Å²) in [4.78, 5) is 2.14. The molecule has 4 N–H and O–H groups in total. The molecule has 2 aromatic rings. The first-order valence-electron chi connectivity index (χ1n) is 7.71. The number of ether oxygens (including phenoxy) is 2. The first-order valence-corrected chi connectivity index (χ1v) is 7.71. The van der Waals surface area contributed by atoms with E-state index in [1.54, 1.807) is 26.4 Å². The highest BCUT2D eigenvalue weighted by Gasteiger charge is 2.11. The van der Waals surface area contributed by atoms with Crippen LogP contribution in [0.3, 0.4) is 0 Å². The number of nitrogens with zero attached hydrogens (tertiary/aromatic N) is 1. The van der Waals surface area contributed by atoms with Crippen molar-refractivity contribution >= 4 is 11.4 Å². The molecule has 0 aromatic heterocycles. The van der Waals surface area contributed by atoms with Gasteiger partial charge in [0.25, 0.3) is 0 Å². The van der Waals surface area contributed by atoms with E-state index in [1.165, 1.54) is 6.07 Å². The lowest BCUT2D eigenvalue weighted by molar-refractivity contribution is 0.190. The van der Waals surface area contributed by atoms with Crippen LogP contribution in [-0.4, -0.2) is 50.7 Å². The van der Waals surface area contributed by atoms with Crippen LogP contribution in [0.4, 0.5) is 11.4 Å². The minimum atomic E-state index is -0.00887. The van der Waals surface area contributed by atoms with Crippen LogP contribution in [0.5, 0.6) is 11.5 Å². The highest BCUT2D eigenvalue weighted by Crippen LogP contribution is 2.34. The Morgan fingerprint density at radius 2 is 1.50 bits per heavy atom. The Balaban J connectivity index is 2.38. The number of anilines is 2. The number of phenolic OH excluding ortho intramolecular Hbond substituents is 2.